The summed E-state index contributed by atoms with van der Waals surface area (Å²) in [6, 6.07) is 17.6. The van der Waals surface area contributed by atoms with Gasteiger partial charge in [0.15, 0.2) is 23.0 Å². The summed E-state index contributed by atoms with van der Waals surface area (Å²) in [5.41, 5.74) is 3.85. The van der Waals surface area contributed by atoms with Crippen molar-refractivity contribution < 1.29 is 28.4 Å². The van der Waals surface area contributed by atoms with Gasteiger partial charge in [-0.3, -0.25) is 0 Å². The average Bonchev–Trinajstić information content (AvgIpc) is 3.37. The molecule has 2 atom stereocenters. The van der Waals surface area contributed by atoms with Crippen molar-refractivity contribution in [2.24, 2.45) is 5.10 Å². The average molecular weight is 477 g/mol. The lowest BCUT2D eigenvalue weighted by atomic mass is 9.95. The second-order valence-corrected chi connectivity index (χ2v) is 8.18. The smallest absolute Gasteiger partial charge is 0.214 e. The van der Waals surface area contributed by atoms with Crippen LogP contribution in [0.1, 0.15) is 35.4 Å². The van der Waals surface area contributed by atoms with Gasteiger partial charge in [-0.25, -0.2) is 5.01 Å². The molecule has 2 unspecified atom stereocenters. The van der Waals surface area contributed by atoms with Crippen LogP contribution in [0.25, 0.3) is 0 Å². The van der Waals surface area contributed by atoms with E-state index in [-0.39, 0.29) is 6.04 Å². The number of hydrogen-bond donors (Lipinski definition) is 0. The Balaban J connectivity index is 1.63. The van der Waals surface area contributed by atoms with Crippen LogP contribution in [0.15, 0.2) is 59.7 Å². The van der Waals surface area contributed by atoms with Crippen LogP contribution in [-0.4, -0.2) is 46.3 Å². The maximum absolute atomic E-state index is 6.57. The predicted molar refractivity (Wildman–Crippen MR) is 131 cm³/mol. The van der Waals surface area contributed by atoms with Crippen molar-refractivity contribution in [3.8, 4) is 34.5 Å². The van der Waals surface area contributed by atoms with Crippen molar-refractivity contribution in [2.75, 3.05) is 35.5 Å². The summed E-state index contributed by atoms with van der Waals surface area (Å²) in [5, 5.41) is 7.03. The molecule has 0 bridgehead atoms. The molecule has 2 aliphatic rings. The van der Waals surface area contributed by atoms with Gasteiger partial charge in [-0.2, -0.15) is 5.10 Å². The van der Waals surface area contributed by atoms with E-state index in [1.54, 1.807) is 35.5 Å². The minimum atomic E-state index is -0.534. The van der Waals surface area contributed by atoms with Crippen molar-refractivity contribution in [2.45, 2.75) is 18.7 Å². The van der Waals surface area contributed by atoms with Gasteiger partial charge in [0.25, 0.3) is 0 Å². The van der Waals surface area contributed by atoms with Crippen LogP contribution >= 0.6 is 0 Å². The molecular formula is C27H28N2O6. The Morgan fingerprint density at radius 3 is 2.09 bits per heavy atom. The number of rotatable bonds is 7. The van der Waals surface area contributed by atoms with Crippen LogP contribution < -0.4 is 28.4 Å². The predicted octanol–water partition coefficient (Wildman–Crippen LogP) is 4.97. The van der Waals surface area contributed by atoms with Gasteiger partial charge in [0, 0.05) is 17.5 Å². The molecule has 0 N–H and O–H groups in total. The van der Waals surface area contributed by atoms with Crippen LogP contribution in [0.5, 0.6) is 34.5 Å². The molecule has 0 aromatic heterocycles. The zero-order chi connectivity index (χ0) is 24.5. The van der Waals surface area contributed by atoms with Crippen molar-refractivity contribution in [1.29, 1.82) is 0 Å². The number of fused-ring (bicyclic) bond motifs is 3. The largest absolute Gasteiger partial charge is 0.497 e. The zero-order valence-corrected chi connectivity index (χ0v) is 20.4. The summed E-state index contributed by atoms with van der Waals surface area (Å²) < 4.78 is 34.2. The molecule has 35 heavy (non-hydrogen) atoms. The number of hydrogen-bond acceptors (Lipinski definition) is 8. The minimum Gasteiger partial charge on any atom is -0.497 e. The molecule has 3 aromatic rings. The fraction of sp³-hybridized carbons (Fsp3) is 0.296. The maximum Gasteiger partial charge on any atom is 0.214 e. The van der Waals surface area contributed by atoms with E-state index in [1.807, 2.05) is 53.5 Å². The van der Waals surface area contributed by atoms with E-state index >= 15 is 0 Å². The molecule has 0 radical (unpaired) electrons. The molecule has 0 fully saturated rings. The molecule has 8 nitrogen and oxygen atoms in total. The number of methoxy groups -OCH3 is 5. The summed E-state index contributed by atoms with van der Waals surface area (Å²) in [7, 11) is 8.08. The second-order valence-electron chi connectivity index (χ2n) is 8.18. The van der Waals surface area contributed by atoms with Gasteiger partial charge in [0.05, 0.1) is 47.3 Å². The summed E-state index contributed by atoms with van der Waals surface area (Å²) in [4.78, 5) is 0. The van der Waals surface area contributed by atoms with Crippen LogP contribution in [-0.2, 0) is 0 Å². The van der Waals surface area contributed by atoms with E-state index in [0.29, 0.717) is 28.7 Å². The molecule has 2 heterocycles. The molecule has 0 saturated heterocycles. The summed E-state index contributed by atoms with van der Waals surface area (Å²) >= 11 is 0. The Morgan fingerprint density at radius 2 is 1.49 bits per heavy atom. The Morgan fingerprint density at radius 1 is 0.800 bits per heavy atom. The van der Waals surface area contributed by atoms with Gasteiger partial charge in [-0.1, -0.05) is 12.1 Å². The second kappa shape index (κ2) is 9.29. The van der Waals surface area contributed by atoms with Gasteiger partial charge < -0.3 is 28.4 Å². The quantitative estimate of drug-likeness (QED) is 0.477. The number of para-hydroxylation sites is 1. The van der Waals surface area contributed by atoms with Gasteiger partial charge in [-0.15, -0.1) is 0 Å². The van der Waals surface area contributed by atoms with Gasteiger partial charge in [-0.05, 0) is 48.0 Å². The lowest BCUT2D eigenvalue weighted by molar-refractivity contribution is -0.0211. The molecule has 0 amide bonds. The van der Waals surface area contributed by atoms with Crippen LogP contribution in [0.2, 0.25) is 0 Å². The monoisotopic (exact) mass is 476 g/mol. The highest BCUT2D eigenvalue weighted by Crippen LogP contribution is 2.52. The molecule has 182 valence electrons. The standard InChI is InChI=1S/C27H28N2O6/c1-30-18-11-9-16(10-12-18)20-15-21-19-7-6-8-22(31-2)25(19)35-27(29(21)28-20)17-13-23(32-3)26(34-5)24(14-17)33-4/h6-14,21,27H,15H2,1-5H3. The first kappa shape index (κ1) is 22.7. The molecule has 2 aliphatic heterocycles. The fourth-order valence-electron chi connectivity index (χ4n) is 4.67. The van der Waals surface area contributed by atoms with Gasteiger partial charge in [0.2, 0.25) is 12.0 Å². The first-order valence-electron chi connectivity index (χ1n) is 11.3. The molecule has 8 heteroatoms. The van der Waals surface area contributed by atoms with Crippen molar-refractivity contribution in [3.05, 3.63) is 71.3 Å². The topological polar surface area (TPSA) is 71.0 Å². The number of nitrogens with zero attached hydrogens (tertiary/aromatic N) is 2. The van der Waals surface area contributed by atoms with E-state index in [1.165, 1.54) is 0 Å². The zero-order valence-electron chi connectivity index (χ0n) is 20.4. The first-order chi connectivity index (χ1) is 17.1. The van der Waals surface area contributed by atoms with Gasteiger partial charge >= 0.3 is 0 Å². The Bertz CT molecular complexity index is 1230. The Kier molecular flexibility index (Phi) is 6.03. The van der Waals surface area contributed by atoms with E-state index in [2.05, 4.69) is 6.07 Å². The summed E-state index contributed by atoms with van der Waals surface area (Å²) in [6.45, 7) is 0. The van der Waals surface area contributed by atoms with Crippen LogP contribution in [0, 0.1) is 0 Å². The van der Waals surface area contributed by atoms with E-state index < -0.39 is 6.23 Å². The lowest BCUT2D eigenvalue weighted by Crippen LogP contribution is -2.34. The third-order valence-corrected chi connectivity index (χ3v) is 6.40. The Labute approximate surface area is 204 Å². The van der Waals surface area contributed by atoms with E-state index in [4.69, 9.17) is 33.5 Å². The molecule has 3 aromatic carbocycles. The minimum absolute atomic E-state index is 0.0324. The van der Waals surface area contributed by atoms with Crippen LogP contribution in [0.4, 0.5) is 0 Å². The highest BCUT2D eigenvalue weighted by Gasteiger charge is 2.42. The molecule has 0 spiro atoms. The van der Waals surface area contributed by atoms with Crippen molar-refractivity contribution in [1.82, 2.24) is 5.01 Å². The SMILES string of the molecule is COc1ccc(C2=NN3C(C2)c2cccc(OC)c2OC3c2cc(OC)c(OC)c(OC)c2)cc1. The van der Waals surface area contributed by atoms with Crippen LogP contribution in [0.3, 0.4) is 0 Å². The summed E-state index contributed by atoms with van der Waals surface area (Å²) in [5.74, 6) is 3.81. The lowest BCUT2D eigenvalue weighted by Gasteiger charge is -2.38. The third-order valence-electron chi connectivity index (χ3n) is 6.40. The van der Waals surface area contributed by atoms with Crippen molar-refractivity contribution >= 4 is 5.71 Å². The summed E-state index contributed by atoms with van der Waals surface area (Å²) in [6.07, 6.45) is 0.185. The Hall–Kier alpha value is -4.07. The molecule has 0 aliphatic carbocycles. The fourth-order valence-corrected chi connectivity index (χ4v) is 4.67. The van der Waals surface area contributed by atoms with E-state index in [0.717, 1.165) is 34.6 Å². The molecule has 0 saturated carbocycles. The number of hydrazone groups is 1. The molecular weight excluding hydrogens is 448 g/mol. The highest BCUT2D eigenvalue weighted by molar-refractivity contribution is 6.02. The number of benzene rings is 3. The molecule has 5 rings (SSSR count). The maximum atomic E-state index is 6.57. The normalized spacial score (nSPS) is 18.1. The van der Waals surface area contributed by atoms with Gasteiger partial charge in [0.1, 0.15) is 5.75 Å². The van der Waals surface area contributed by atoms with Crippen molar-refractivity contribution in [3.63, 3.8) is 0 Å². The third kappa shape index (κ3) is 3.84. The van der Waals surface area contributed by atoms with E-state index in [9.17, 15) is 0 Å². The highest BCUT2D eigenvalue weighted by atomic mass is 16.5. The first-order valence-corrected chi connectivity index (χ1v) is 11.3. The number of ether oxygens (including phenoxy) is 6.